The van der Waals surface area contributed by atoms with Crippen LogP contribution in [0.4, 0.5) is 0 Å². The highest BCUT2D eigenvalue weighted by atomic mass is 16.6. The van der Waals surface area contributed by atoms with Gasteiger partial charge < -0.3 is 14.2 Å². The van der Waals surface area contributed by atoms with Gasteiger partial charge in [0, 0.05) is 19.3 Å². The van der Waals surface area contributed by atoms with Crippen LogP contribution in [0.5, 0.6) is 0 Å². The molecule has 0 aromatic heterocycles. The molecule has 476 valence electrons. The van der Waals surface area contributed by atoms with Crippen LogP contribution < -0.4 is 0 Å². The van der Waals surface area contributed by atoms with Gasteiger partial charge in [0.25, 0.3) is 0 Å². The van der Waals surface area contributed by atoms with E-state index in [-0.39, 0.29) is 31.1 Å². The molecule has 0 radical (unpaired) electrons. The van der Waals surface area contributed by atoms with Gasteiger partial charge in [0.15, 0.2) is 6.10 Å². The smallest absolute Gasteiger partial charge is 0.306 e. The van der Waals surface area contributed by atoms with E-state index in [0.29, 0.717) is 19.3 Å². The van der Waals surface area contributed by atoms with Crippen LogP contribution >= 0.6 is 0 Å². The molecule has 0 aromatic carbocycles. The summed E-state index contributed by atoms with van der Waals surface area (Å²) in [6.07, 6.45) is 87.5. The molecular formula is C75H140O6. The van der Waals surface area contributed by atoms with Crippen LogP contribution in [0.2, 0.25) is 0 Å². The predicted octanol–water partition coefficient (Wildman–Crippen LogP) is 25.1. The number of rotatable bonds is 68. The van der Waals surface area contributed by atoms with E-state index in [2.05, 4.69) is 57.2 Å². The van der Waals surface area contributed by atoms with E-state index in [1.54, 1.807) is 0 Å². The minimum atomic E-state index is -0.771. The Morgan fingerprint density at radius 1 is 0.247 bits per heavy atom. The Labute approximate surface area is 506 Å². The van der Waals surface area contributed by atoms with Gasteiger partial charge in [-0.15, -0.1) is 0 Å². The largest absolute Gasteiger partial charge is 0.462 e. The van der Waals surface area contributed by atoms with Crippen molar-refractivity contribution >= 4 is 17.9 Å². The molecule has 0 bridgehead atoms. The Morgan fingerprint density at radius 2 is 0.444 bits per heavy atom. The molecule has 0 rings (SSSR count). The summed E-state index contributed by atoms with van der Waals surface area (Å²) in [6.45, 7) is 6.70. The molecule has 0 saturated heterocycles. The summed E-state index contributed by atoms with van der Waals surface area (Å²) in [7, 11) is 0. The van der Waals surface area contributed by atoms with Crippen molar-refractivity contribution in [3.8, 4) is 0 Å². The molecule has 0 spiro atoms. The Morgan fingerprint density at radius 3 is 0.691 bits per heavy atom. The zero-order chi connectivity index (χ0) is 58.5. The van der Waals surface area contributed by atoms with Crippen LogP contribution in [-0.2, 0) is 28.6 Å². The minimum absolute atomic E-state index is 0.0675. The lowest BCUT2D eigenvalue weighted by Gasteiger charge is -2.18. The first-order valence-electron chi connectivity index (χ1n) is 36.5. The third kappa shape index (κ3) is 68.3. The zero-order valence-electron chi connectivity index (χ0n) is 54.8. The van der Waals surface area contributed by atoms with Crippen LogP contribution in [0, 0.1) is 0 Å². The quantitative estimate of drug-likeness (QED) is 0.0261. The molecule has 6 heteroatoms. The molecule has 0 fully saturated rings. The number of carbonyl (C=O) groups excluding carboxylic acids is 3. The highest BCUT2D eigenvalue weighted by Crippen LogP contribution is 2.19. The molecule has 0 aliphatic heterocycles. The maximum atomic E-state index is 12.9. The highest BCUT2D eigenvalue weighted by Gasteiger charge is 2.19. The van der Waals surface area contributed by atoms with E-state index in [0.717, 1.165) is 64.2 Å². The maximum Gasteiger partial charge on any atom is 0.306 e. The Hall–Kier alpha value is -2.37. The van der Waals surface area contributed by atoms with Gasteiger partial charge in [-0.1, -0.05) is 346 Å². The van der Waals surface area contributed by atoms with Gasteiger partial charge in [-0.3, -0.25) is 14.4 Å². The van der Waals surface area contributed by atoms with Gasteiger partial charge in [0.1, 0.15) is 13.2 Å². The van der Waals surface area contributed by atoms with Crippen LogP contribution in [0.1, 0.15) is 406 Å². The molecule has 1 unspecified atom stereocenters. The van der Waals surface area contributed by atoms with Crippen molar-refractivity contribution in [2.45, 2.75) is 412 Å². The van der Waals surface area contributed by atoms with E-state index in [9.17, 15) is 14.4 Å². The van der Waals surface area contributed by atoms with Crippen molar-refractivity contribution in [2.75, 3.05) is 13.2 Å². The van der Waals surface area contributed by atoms with Crippen molar-refractivity contribution in [1.82, 2.24) is 0 Å². The minimum Gasteiger partial charge on any atom is -0.462 e. The van der Waals surface area contributed by atoms with E-state index in [1.807, 2.05) is 0 Å². The van der Waals surface area contributed by atoms with Crippen LogP contribution in [0.25, 0.3) is 0 Å². The van der Waals surface area contributed by atoms with Crippen molar-refractivity contribution in [3.05, 3.63) is 36.5 Å². The Balaban J connectivity index is 4.16. The molecule has 0 amide bonds. The number of esters is 3. The lowest BCUT2D eigenvalue weighted by molar-refractivity contribution is -0.167. The lowest BCUT2D eigenvalue weighted by Crippen LogP contribution is -2.30. The fraction of sp³-hybridized carbons (Fsp3) is 0.880. The first kappa shape index (κ1) is 78.6. The third-order valence-corrected chi connectivity index (χ3v) is 16.6. The molecule has 0 heterocycles. The monoisotopic (exact) mass is 1140 g/mol. The number of unbranched alkanes of at least 4 members (excludes halogenated alkanes) is 51. The SMILES string of the molecule is CCCCCCC/C=C\C/C=C\CCCCCCCCCCCCCCCCCCCCCC(=O)OCC(COC(=O)CCCCCCCCCCCCCCCC)OC(=O)CCCCCCCCC/C=C\CCCCCCCCC. The van der Waals surface area contributed by atoms with Gasteiger partial charge >= 0.3 is 17.9 Å². The Kier molecular flexibility index (Phi) is 68.1. The van der Waals surface area contributed by atoms with E-state index in [1.165, 1.54) is 302 Å². The summed E-state index contributed by atoms with van der Waals surface area (Å²) in [5, 5.41) is 0. The van der Waals surface area contributed by atoms with Gasteiger partial charge in [-0.25, -0.2) is 0 Å². The van der Waals surface area contributed by atoms with Gasteiger partial charge in [0.2, 0.25) is 0 Å². The third-order valence-electron chi connectivity index (χ3n) is 16.6. The van der Waals surface area contributed by atoms with Crippen molar-refractivity contribution in [1.29, 1.82) is 0 Å². The average molecular weight is 1140 g/mol. The number of allylic oxidation sites excluding steroid dienone is 6. The number of hydrogen-bond donors (Lipinski definition) is 0. The first-order chi connectivity index (χ1) is 40.0. The van der Waals surface area contributed by atoms with Gasteiger partial charge in [-0.05, 0) is 77.0 Å². The summed E-state index contributed by atoms with van der Waals surface area (Å²) in [6, 6.07) is 0. The van der Waals surface area contributed by atoms with Gasteiger partial charge in [0.05, 0.1) is 0 Å². The summed E-state index contributed by atoms with van der Waals surface area (Å²) < 4.78 is 17.0. The second-order valence-corrected chi connectivity index (χ2v) is 24.9. The van der Waals surface area contributed by atoms with Crippen molar-refractivity contribution in [3.63, 3.8) is 0 Å². The predicted molar refractivity (Wildman–Crippen MR) is 353 cm³/mol. The van der Waals surface area contributed by atoms with E-state index in [4.69, 9.17) is 14.2 Å². The van der Waals surface area contributed by atoms with Crippen LogP contribution in [0.15, 0.2) is 36.5 Å². The van der Waals surface area contributed by atoms with Gasteiger partial charge in [-0.2, -0.15) is 0 Å². The average Bonchev–Trinajstić information content (AvgIpc) is 3.47. The van der Waals surface area contributed by atoms with E-state index >= 15 is 0 Å². The van der Waals surface area contributed by atoms with E-state index < -0.39 is 6.10 Å². The van der Waals surface area contributed by atoms with Crippen LogP contribution in [-0.4, -0.2) is 37.2 Å². The molecule has 0 aliphatic rings. The lowest BCUT2D eigenvalue weighted by atomic mass is 10.0. The summed E-state index contributed by atoms with van der Waals surface area (Å²) >= 11 is 0. The van der Waals surface area contributed by atoms with Crippen LogP contribution in [0.3, 0.4) is 0 Å². The summed E-state index contributed by atoms with van der Waals surface area (Å²) in [5.74, 6) is -0.841. The summed E-state index contributed by atoms with van der Waals surface area (Å²) in [4.78, 5) is 38.4. The highest BCUT2D eigenvalue weighted by molar-refractivity contribution is 5.71. The Bertz CT molecular complexity index is 1350. The standard InChI is InChI=1S/C75H140O6/c1-4-7-10-13-16-19-22-25-28-30-32-33-34-35-36-37-38-39-40-41-42-43-44-46-47-50-53-56-59-62-65-68-74(77)80-71-72(70-79-73(76)67-64-61-58-55-52-49-27-24-21-18-15-12-9-6-3)81-75(78)69-66-63-60-57-54-51-48-45-31-29-26-23-20-17-14-11-8-5-2/h22,25,29-32,72H,4-21,23-24,26-28,33-71H2,1-3H3/b25-22-,31-29-,32-30-. The molecule has 0 aromatic rings. The number of carbonyl (C=O) groups is 3. The second-order valence-electron chi connectivity index (χ2n) is 24.9. The molecular weight excluding hydrogens is 997 g/mol. The second kappa shape index (κ2) is 70.1. The first-order valence-corrected chi connectivity index (χ1v) is 36.5. The van der Waals surface area contributed by atoms with Crippen molar-refractivity contribution < 1.29 is 28.6 Å². The normalized spacial score (nSPS) is 12.2. The summed E-state index contributed by atoms with van der Waals surface area (Å²) in [5.41, 5.74) is 0. The van der Waals surface area contributed by atoms with Crippen molar-refractivity contribution in [2.24, 2.45) is 0 Å². The fourth-order valence-corrected chi connectivity index (χ4v) is 11.1. The zero-order valence-corrected chi connectivity index (χ0v) is 54.8. The fourth-order valence-electron chi connectivity index (χ4n) is 11.1. The molecule has 0 saturated carbocycles. The molecule has 0 N–H and O–H groups in total. The molecule has 81 heavy (non-hydrogen) atoms. The topological polar surface area (TPSA) is 78.9 Å². The molecule has 0 aliphatic carbocycles. The molecule has 6 nitrogen and oxygen atoms in total. The number of hydrogen-bond acceptors (Lipinski definition) is 6. The molecule has 1 atom stereocenters. The maximum absolute atomic E-state index is 12.9. The number of ether oxygens (including phenoxy) is 3.